The number of hydrogen-bond acceptors (Lipinski definition) is 5. The number of benzene rings is 1. The number of nitrogens with two attached hydrogens (primary N) is 1. The Labute approximate surface area is 169 Å². The topological polar surface area (TPSA) is 89.6 Å². The van der Waals surface area contributed by atoms with Gasteiger partial charge >= 0.3 is 0 Å². The number of aromatic nitrogens is 1. The number of thiophene rings is 1. The van der Waals surface area contributed by atoms with Crippen LogP contribution in [0.25, 0.3) is 0 Å². The summed E-state index contributed by atoms with van der Waals surface area (Å²) >= 11 is 13.3. The lowest BCUT2D eigenvalue weighted by molar-refractivity contribution is 0.0955. The van der Waals surface area contributed by atoms with Crippen molar-refractivity contribution in [2.75, 3.05) is 0 Å². The van der Waals surface area contributed by atoms with Crippen LogP contribution >= 0.6 is 34.5 Å². The first-order chi connectivity index (χ1) is 13.0. The number of carbonyl (C=O) groups is 1. The second kappa shape index (κ2) is 8.85. The zero-order chi connectivity index (χ0) is 19.2. The van der Waals surface area contributed by atoms with Gasteiger partial charge in [-0.05, 0) is 35.7 Å². The molecule has 0 aliphatic heterocycles. The predicted octanol–water partition coefficient (Wildman–Crippen LogP) is 4.08. The highest BCUT2D eigenvalue weighted by atomic mass is 35.5. The number of halogens is 2. The molecule has 0 fully saturated rings. The standard InChI is InChI=1S/C18H14Cl2N4O2S/c19-12-5-4-11(13(20)9-12)10-26-15-6-8-27-16(15)18(25)24-23-17(21)14-3-1-2-7-22-14/h1-9H,10H2,(H2,21,23)(H,24,25). The predicted molar refractivity (Wildman–Crippen MR) is 108 cm³/mol. The fraction of sp³-hybridized carbons (Fsp3) is 0.0556. The summed E-state index contributed by atoms with van der Waals surface area (Å²) in [6.45, 7) is 0.201. The zero-order valence-corrected chi connectivity index (χ0v) is 16.2. The summed E-state index contributed by atoms with van der Waals surface area (Å²) in [6.07, 6.45) is 1.59. The maximum atomic E-state index is 12.4. The zero-order valence-electron chi connectivity index (χ0n) is 13.9. The molecule has 0 radical (unpaired) electrons. The molecule has 1 aromatic carbocycles. The molecule has 2 heterocycles. The van der Waals surface area contributed by atoms with Gasteiger partial charge in [0.05, 0.1) is 0 Å². The van der Waals surface area contributed by atoms with Crippen molar-refractivity contribution >= 4 is 46.3 Å². The summed E-state index contributed by atoms with van der Waals surface area (Å²) in [5.41, 5.74) is 9.46. The van der Waals surface area contributed by atoms with Crippen molar-refractivity contribution in [3.63, 3.8) is 0 Å². The number of nitrogens with zero attached hydrogens (tertiary/aromatic N) is 2. The van der Waals surface area contributed by atoms with E-state index in [2.05, 4.69) is 15.5 Å². The van der Waals surface area contributed by atoms with Gasteiger partial charge < -0.3 is 10.5 Å². The smallest absolute Gasteiger partial charge is 0.285 e. The van der Waals surface area contributed by atoms with Crippen LogP contribution in [0.3, 0.4) is 0 Å². The molecule has 3 N–H and O–H groups in total. The number of carbonyl (C=O) groups excluding carboxylic acids is 1. The van der Waals surface area contributed by atoms with Crippen molar-refractivity contribution in [1.29, 1.82) is 0 Å². The normalized spacial score (nSPS) is 11.3. The van der Waals surface area contributed by atoms with Crippen molar-refractivity contribution in [3.8, 4) is 5.75 Å². The average Bonchev–Trinajstić information content (AvgIpc) is 3.14. The summed E-state index contributed by atoms with van der Waals surface area (Å²) in [5.74, 6) is 0.104. The average molecular weight is 421 g/mol. The van der Waals surface area contributed by atoms with E-state index >= 15 is 0 Å². The molecule has 0 saturated heterocycles. The van der Waals surface area contributed by atoms with E-state index in [0.29, 0.717) is 26.4 Å². The van der Waals surface area contributed by atoms with Gasteiger partial charge in [0.2, 0.25) is 0 Å². The SMILES string of the molecule is NC(=NNC(=O)c1sccc1OCc1ccc(Cl)cc1Cl)c1ccccn1. The van der Waals surface area contributed by atoms with Crippen molar-refractivity contribution in [1.82, 2.24) is 10.4 Å². The van der Waals surface area contributed by atoms with E-state index in [1.54, 1.807) is 54.0 Å². The lowest BCUT2D eigenvalue weighted by Gasteiger charge is -2.08. The van der Waals surface area contributed by atoms with Gasteiger partial charge in [-0.3, -0.25) is 9.78 Å². The maximum Gasteiger partial charge on any atom is 0.285 e. The summed E-state index contributed by atoms with van der Waals surface area (Å²) < 4.78 is 5.73. The first kappa shape index (κ1) is 19.2. The Kier molecular flexibility index (Phi) is 6.28. The van der Waals surface area contributed by atoms with Gasteiger partial charge in [-0.15, -0.1) is 11.3 Å². The first-order valence-corrected chi connectivity index (χ1v) is 9.37. The molecule has 0 spiro atoms. The number of nitrogens with one attached hydrogen (secondary N) is 1. The molecular formula is C18H14Cl2N4O2S. The third-order valence-corrected chi connectivity index (χ3v) is 4.92. The Morgan fingerprint density at radius 2 is 2.11 bits per heavy atom. The van der Waals surface area contributed by atoms with Gasteiger partial charge in [0.25, 0.3) is 5.91 Å². The van der Waals surface area contributed by atoms with Crippen LogP contribution in [-0.2, 0) is 6.61 Å². The van der Waals surface area contributed by atoms with E-state index in [4.69, 9.17) is 33.7 Å². The van der Waals surface area contributed by atoms with Crippen LogP contribution in [0.5, 0.6) is 5.75 Å². The minimum atomic E-state index is -0.430. The van der Waals surface area contributed by atoms with Gasteiger partial charge in [0.15, 0.2) is 5.84 Å². The van der Waals surface area contributed by atoms with E-state index in [-0.39, 0.29) is 12.4 Å². The monoisotopic (exact) mass is 420 g/mol. The molecule has 2 aromatic heterocycles. The van der Waals surface area contributed by atoms with Gasteiger partial charge in [0.1, 0.15) is 22.9 Å². The third kappa shape index (κ3) is 4.97. The van der Waals surface area contributed by atoms with Crippen molar-refractivity contribution < 1.29 is 9.53 Å². The summed E-state index contributed by atoms with van der Waals surface area (Å²) in [6, 6.07) is 12.1. The van der Waals surface area contributed by atoms with Crippen molar-refractivity contribution in [3.05, 3.63) is 80.2 Å². The number of ether oxygens (including phenoxy) is 1. The molecule has 3 aromatic rings. The molecule has 0 aliphatic rings. The highest BCUT2D eigenvalue weighted by molar-refractivity contribution is 7.12. The van der Waals surface area contributed by atoms with E-state index in [9.17, 15) is 4.79 Å². The second-order valence-electron chi connectivity index (χ2n) is 5.29. The molecular weight excluding hydrogens is 407 g/mol. The molecule has 0 bridgehead atoms. The fourth-order valence-corrected chi connectivity index (χ4v) is 3.29. The minimum absolute atomic E-state index is 0.107. The van der Waals surface area contributed by atoms with E-state index in [1.165, 1.54) is 11.3 Å². The van der Waals surface area contributed by atoms with Crippen LogP contribution < -0.4 is 15.9 Å². The van der Waals surface area contributed by atoms with E-state index < -0.39 is 5.91 Å². The van der Waals surface area contributed by atoms with Crippen LogP contribution in [0.2, 0.25) is 10.0 Å². The second-order valence-corrected chi connectivity index (χ2v) is 7.05. The number of amides is 1. The Morgan fingerprint density at radius 1 is 1.26 bits per heavy atom. The lowest BCUT2D eigenvalue weighted by atomic mass is 10.2. The largest absolute Gasteiger partial charge is 0.487 e. The Hall–Kier alpha value is -2.61. The highest BCUT2D eigenvalue weighted by Crippen LogP contribution is 2.27. The van der Waals surface area contributed by atoms with E-state index in [0.717, 1.165) is 5.56 Å². The molecule has 27 heavy (non-hydrogen) atoms. The molecule has 0 saturated carbocycles. The van der Waals surface area contributed by atoms with Gasteiger partial charge in [0, 0.05) is 21.8 Å². The fourth-order valence-electron chi connectivity index (χ4n) is 2.10. The van der Waals surface area contributed by atoms with E-state index in [1.807, 2.05) is 0 Å². The summed E-state index contributed by atoms with van der Waals surface area (Å²) in [7, 11) is 0. The molecule has 0 aliphatic carbocycles. The molecule has 3 rings (SSSR count). The summed E-state index contributed by atoms with van der Waals surface area (Å²) in [4.78, 5) is 16.8. The van der Waals surface area contributed by atoms with Crippen LogP contribution in [0, 0.1) is 0 Å². The van der Waals surface area contributed by atoms with Crippen LogP contribution in [0.15, 0.2) is 59.1 Å². The molecule has 0 atom stereocenters. The molecule has 1 amide bonds. The number of amidine groups is 1. The molecule has 0 unspecified atom stereocenters. The number of hydrazone groups is 1. The Morgan fingerprint density at radius 3 is 2.85 bits per heavy atom. The van der Waals surface area contributed by atoms with Gasteiger partial charge in [-0.1, -0.05) is 35.3 Å². The van der Waals surface area contributed by atoms with Crippen molar-refractivity contribution in [2.45, 2.75) is 6.61 Å². The summed E-state index contributed by atoms with van der Waals surface area (Å²) in [5, 5.41) is 6.67. The number of hydrogen-bond donors (Lipinski definition) is 2. The Bertz CT molecular complexity index is 977. The maximum absolute atomic E-state index is 12.4. The highest BCUT2D eigenvalue weighted by Gasteiger charge is 2.15. The number of rotatable bonds is 6. The van der Waals surface area contributed by atoms with Gasteiger partial charge in [-0.2, -0.15) is 5.10 Å². The third-order valence-electron chi connectivity index (χ3n) is 3.44. The first-order valence-electron chi connectivity index (χ1n) is 7.73. The van der Waals surface area contributed by atoms with Crippen LogP contribution in [0.4, 0.5) is 0 Å². The van der Waals surface area contributed by atoms with Gasteiger partial charge in [-0.25, -0.2) is 5.43 Å². The van der Waals surface area contributed by atoms with Crippen LogP contribution in [0.1, 0.15) is 20.9 Å². The Balaban J connectivity index is 1.66. The molecule has 138 valence electrons. The molecule has 9 heteroatoms. The quantitative estimate of drug-likeness (QED) is 0.357. The minimum Gasteiger partial charge on any atom is -0.487 e. The lowest BCUT2D eigenvalue weighted by Crippen LogP contribution is -2.24. The van der Waals surface area contributed by atoms with Crippen molar-refractivity contribution in [2.24, 2.45) is 10.8 Å². The number of pyridine rings is 1. The van der Waals surface area contributed by atoms with Crippen LogP contribution in [-0.4, -0.2) is 16.7 Å². The molecule has 6 nitrogen and oxygen atoms in total.